The van der Waals surface area contributed by atoms with Gasteiger partial charge in [0.1, 0.15) is 0 Å². The lowest BCUT2D eigenvalue weighted by Crippen LogP contribution is -2.19. The summed E-state index contributed by atoms with van der Waals surface area (Å²) in [5, 5.41) is 0. The predicted molar refractivity (Wildman–Crippen MR) is 54.2 cm³/mol. The molecule has 0 radical (unpaired) electrons. The van der Waals surface area contributed by atoms with E-state index in [1.54, 1.807) is 12.4 Å². The van der Waals surface area contributed by atoms with Crippen LogP contribution in [0.3, 0.4) is 0 Å². The maximum Gasteiger partial charge on any atom is 0.0789 e. The van der Waals surface area contributed by atoms with Crippen molar-refractivity contribution in [2.75, 3.05) is 18.5 Å². The Morgan fingerprint density at radius 1 is 1.69 bits per heavy atom. The van der Waals surface area contributed by atoms with E-state index >= 15 is 0 Å². The van der Waals surface area contributed by atoms with Gasteiger partial charge in [0, 0.05) is 19.8 Å². The van der Waals surface area contributed by atoms with Gasteiger partial charge in [0.15, 0.2) is 0 Å². The van der Waals surface area contributed by atoms with Crippen LogP contribution < -0.4 is 10.6 Å². The third kappa shape index (κ3) is 2.20. The second kappa shape index (κ2) is 4.48. The Labute approximate surface area is 78.6 Å². The van der Waals surface area contributed by atoms with Crippen LogP contribution >= 0.6 is 0 Å². The van der Waals surface area contributed by atoms with Gasteiger partial charge in [0.25, 0.3) is 0 Å². The van der Waals surface area contributed by atoms with Gasteiger partial charge in [-0.3, -0.25) is 4.98 Å². The number of anilines is 1. The number of hydrogen-bond donors (Lipinski definition) is 1. The molecule has 0 saturated heterocycles. The molecule has 1 heterocycles. The molecule has 0 aliphatic heterocycles. The molecule has 0 aliphatic carbocycles. The number of pyridine rings is 1. The standard InChI is InChI=1S/C10H13N3/c1-3-6-13(2)10-8-12-5-4-9(10)7-11/h1,4-5,8H,6-7,11H2,2H3. The molecule has 0 spiro atoms. The van der Waals surface area contributed by atoms with E-state index in [1.807, 2.05) is 18.0 Å². The third-order valence-electron chi connectivity index (χ3n) is 1.85. The zero-order valence-corrected chi connectivity index (χ0v) is 7.70. The fourth-order valence-corrected chi connectivity index (χ4v) is 1.15. The summed E-state index contributed by atoms with van der Waals surface area (Å²) in [6.07, 6.45) is 8.72. The van der Waals surface area contributed by atoms with Crippen molar-refractivity contribution in [3.05, 3.63) is 24.0 Å². The average molecular weight is 175 g/mol. The van der Waals surface area contributed by atoms with Crippen molar-refractivity contribution in [1.82, 2.24) is 4.98 Å². The summed E-state index contributed by atoms with van der Waals surface area (Å²) in [6, 6.07) is 1.91. The van der Waals surface area contributed by atoms with Gasteiger partial charge in [-0.25, -0.2) is 0 Å². The summed E-state index contributed by atoms with van der Waals surface area (Å²) in [5.41, 5.74) is 7.64. The molecule has 0 amide bonds. The molecule has 1 aromatic heterocycles. The molecular formula is C10H13N3. The highest BCUT2D eigenvalue weighted by Crippen LogP contribution is 2.16. The lowest BCUT2D eigenvalue weighted by molar-refractivity contribution is 0.981. The Morgan fingerprint density at radius 2 is 2.46 bits per heavy atom. The molecule has 1 rings (SSSR count). The number of hydrogen-bond acceptors (Lipinski definition) is 3. The third-order valence-corrected chi connectivity index (χ3v) is 1.85. The van der Waals surface area contributed by atoms with Crippen LogP contribution in [0.2, 0.25) is 0 Å². The van der Waals surface area contributed by atoms with Gasteiger partial charge >= 0.3 is 0 Å². The average Bonchev–Trinajstić information content (AvgIpc) is 2.18. The predicted octanol–water partition coefficient (Wildman–Crippen LogP) is 0.610. The highest BCUT2D eigenvalue weighted by Gasteiger charge is 2.03. The number of aromatic nitrogens is 1. The highest BCUT2D eigenvalue weighted by atomic mass is 15.1. The Bertz CT molecular complexity index is 314. The summed E-state index contributed by atoms with van der Waals surface area (Å²) in [4.78, 5) is 5.98. The molecule has 0 aromatic carbocycles. The van der Waals surface area contributed by atoms with Crippen LogP contribution in [0.15, 0.2) is 18.5 Å². The monoisotopic (exact) mass is 175 g/mol. The van der Waals surface area contributed by atoms with Crippen molar-refractivity contribution in [1.29, 1.82) is 0 Å². The van der Waals surface area contributed by atoms with Gasteiger partial charge in [-0.1, -0.05) is 5.92 Å². The van der Waals surface area contributed by atoms with Crippen molar-refractivity contribution in [2.45, 2.75) is 6.54 Å². The van der Waals surface area contributed by atoms with E-state index in [-0.39, 0.29) is 0 Å². The second-order valence-electron chi connectivity index (χ2n) is 2.77. The smallest absolute Gasteiger partial charge is 0.0789 e. The molecule has 0 atom stereocenters. The van der Waals surface area contributed by atoms with Crippen LogP contribution in [-0.2, 0) is 6.54 Å². The topological polar surface area (TPSA) is 42.2 Å². The SMILES string of the molecule is C#CCN(C)c1cnccc1CN. The lowest BCUT2D eigenvalue weighted by Gasteiger charge is -2.18. The highest BCUT2D eigenvalue weighted by molar-refractivity contribution is 5.51. The fraction of sp³-hybridized carbons (Fsp3) is 0.300. The maximum atomic E-state index is 5.58. The Kier molecular flexibility index (Phi) is 3.30. The van der Waals surface area contributed by atoms with Crippen molar-refractivity contribution in [3.63, 3.8) is 0 Å². The minimum atomic E-state index is 0.507. The molecule has 2 N–H and O–H groups in total. The molecular weight excluding hydrogens is 162 g/mol. The Morgan fingerprint density at radius 3 is 3.08 bits per heavy atom. The first kappa shape index (κ1) is 9.56. The minimum absolute atomic E-state index is 0.507. The molecule has 3 nitrogen and oxygen atoms in total. The number of nitrogens with zero attached hydrogens (tertiary/aromatic N) is 2. The molecule has 1 aromatic rings. The maximum absolute atomic E-state index is 5.58. The quantitative estimate of drug-likeness (QED) is 0.684. The Balaban J connectivity index is 2.93. The molecule has 68 valence electrons. The minimum Gasteiger partial charge on any atom is -0.362 e. The van der Waals surface area contributed by atoms with E-state index in [9.17, 15) is 0 Å². The summed E-state index contributed by atoms with van der Waals surface area (Å²) in [5.74, 6) is 2.57. The van der Waals surface area contributed by atoms with Crippen LogP contribution in [0.1, 0.15) is 5.56 Å². The van der Waals surface area contributed by atoms with Crippen LogP contribution in [0, 0.1) is 12.3 Å². The van der Waals surface area contributed by atoms with Gasteiger partial charge in [0.05, 0.1) is 18.4 Å². The first-order chi connectivity index (χ1) is 6.29. The summed E-state index contributed by atoms with van der Waals surface area (Å²) in [6.45, 7) is 1.07. The molecule has 0 bridgehead atoms. The number of nitrogens with two attached hydrogens (primary N) is 1. The normalized spacial score (nSPS) is 9.31. The molecule has 13 heavy (non-hydrogen) atoms. The molecule has 0 aliphatic rings. The number of terminal acetylenes is 1. The van der Waals surface area contributed by atoms with Crippen LogP contribution in [0.25, 0.3) is 0 Å². The van der Waals surface area contributed by atoms with E-state index < -0.39 is 0 Å². The van der Waals surface area contributed by atoms with E-state index in [4.69, 9.17) is 12.2 Å². The summed E-state index contributed by atoms with van der Waals surface area (Å²) >= 11 is 0. The van der Waals surface area contributed by atoms with Crippen molar-refractivity contribution >= 4 is 5.69 Å². The van der Waals surface area contributed by atoms with Gasteiger partial charge in [0.2, 0.25) is 0 Å². The largest absolute Gasteiger partial charge is 0.362 e. The summed E-state index contributed by atoms with van der Waals surface area (Å²) < 4.78 is 0. The first-order valence-electron chi connectivity index (χ1n) is 4.07. The molecule has 3 heteroatoms. The van der Waals surface area contributed by atoms with E-state index in [2.05, 4.69) is 10.9 Å². The van der Waals surface area contributed by atoms with E-state index in [1.165, 1.54) is 0 Å². The van der Waals surface area contributed by atoms with Crippen molar-refractivity contribution in [3.8, 4) is 12.3 Å². The zero-order chi connectivity index (χ0) is 9.68. The zero-order valence-electron chi connectivity index (χ0n) is 7.70. The lowest BCUT2D eigenvalue weighted by atomic mass is 10.2. The van der Waals surface area contributed by atoms with Gasteiger partial charge in [-0.2, -0.15) is 0 Å². The van der Waals surface area contributed by atoms with Crippen molar-refractivity contribution < 1.29 is 0 Å². The van der Waals surface area contributed by atoms with Gasteiger partial charge in [-0.05, 0) is 11.6 Å². The van der Waals surface area contributed by atoms with Gasteiger partial charge in [-0.15, -0.1) is 6.42 Å². The van der Waals surface area contributed by atoms with E-state index in [0.717, 1.165) is 11.3 Å². The van der Waals surface area contributed by atoms with Gasteiger partial charge < -0.3 is 10.6 Å². The van der Waals surface area contributed by atoms with Crippen LogP contribution in [0.4, 0.5) is 5.69 Å². The first-order valence-corrected chi connectivity index (χ1v) is 4.07. The molecule has 0 fully saturated rings. The van der Waals surface area contributed by atoms with Crippen molar-refractivity contribution in [2.24, 2.45) is 5.73 Å². The Hall–Kier alpha value is -1.53. The molecule has 0 unspecified atom stereocenters. The molecule has 0 saturated carbocycles. The number of rotatable bonds is 3. The fourth-order valence-electron chi connectivity index (χ4n) is 1.15. The summed E-state index contributed by atoms with van der Waals surface area (Å²) in [7, 11) is 1.93. The van der Waals surface area contributed by atoms with Crippen LogP contribution in [0.5, 0.6) is 0 Å². The van der Waals surface area contributed by atoms with E-state index in [0.29, 0.717) is 13.1 Å². The second-order valence-corrected chi connectivity index (χ2v) is 2.77. The van der Waals surface area contributed by atoms with Crippen LogP contribution in [-0.4, -0.2) is 18.6 Å².